The number of alkyl halides is 2. The van der Waals surface area contributed by atoms with Crippen molar-refractivity contribution in [1.82, 2.24) is 9.97 Å². The number of anilines is 1. The van der Waals surface area contributed by atoms with Crippen molar-refractivity contribution in [1.29, 1.82) is 0 Å². The minimum atomic E-state index is -3.30. The molecular formula is C21H24F2N3O3P. The van der Waals surface area contributed by atoms with Crippen molar-refractivity contribution in [3.05, 3.63) is 53.3 Å². The van der Waals surface area contributed by atoms with Crippen LogP contribution in [0, 0.1) is 6.92 Å². The van der Waals surface area contributed by atoms with Gasteiger partial charge >= 0.3 is 0 Å². The van der Waals surface area contributed by atoms with Crippen molar-refractivity contribution in [2.75, 3.05) is 32.4 Å². The molecule has 0 amide bonds. The number of halogens is 2. The van der Waals surface area contributed by atoms with Gasteiger partial charge in [-0.05, 0) is 37.9 Å². The molecule has 3 aromatic rings. The molecule has 0 atom stereocenters. The van der Waals surface area contributed by atoms with E-state index < -0.39 is 19.7 Å². The minimum Gasteiger partial charge on any atom is -0.496 e. The molecule has 0 radical (unpaired) electrons. The molecule has 0 saturated carbocycles. The van der Waals surface area contributed by atoms with Gasteiger partial charge in [-0.25, -0.2) is 9.97 Å². The van der Waals surface area contributed by atoms with Crippen LogP contribution in [0.4, 0.5) is 14.6 Å². The fourth-order valence-electron chi connectivity index (χ4n) is 3.17. The molecule has 0 fully saturated rings. The Balaban J connectivity index is 2.00. The van der Waals surface area contributed by atoms with Gasteiger partial charge in [0, 0.05) is 23.6 Å². The van der Waals surface area contributed by atoms with Crippen molar-refractivity contribution in [3.8, 4) is 5.75 Å². The molecule has 6 nitrogen and oxygen atoms in total. The normalized spacial score (nSPS) is 12.2. The molecule has 160 valence electrons. The summed E-state index contributed by atoms with van der Waals surface area (Å²) in [6.45, 7) is 4.05. The number of aromatic nitrogens is 2. The Morgan fingerprint density at radius 2 is 1.93 bits per heavy atom. The Bertz CT molecular complexity index is 1130. The van der Waals surface area contributed by atoms with Gasteiger partial charge in [-0.1, -0.05) is 18.2 Å². The Morgan fingerprint density at radius 1 is 1.20 bits per heavy atom. The first-order valence-electron chi connectivity index (χ1n) is 9.29. The van der Waals surface area contributed by atoms with Crippen molar-refractivity contribution < 1.29 is 23.2 Å². The van der Waals surface area contributed by atoms with Crippen molar-refractivity contribution in [3.63, 3.8) is 0 Å². The highest BCUT2D eigenvalue weighted by atomic mass is 31.2. The van der Waals surface area contributed by atoms with Crippen LogP contribution < -0.4 is 15.4 Å². The van der Waals surface area contributed by atoms with Crippen molar-refractivity contribution >= 4 is 29.2 Å². The topological polar surface area (TPSA) is 84.3 Å². The van der Waals surface area contributed by atoms with Gasteiger partial charge < -0.3 is 19.7 Å². The van der Waals surface area contributed by atoms with Crippen LogP contribution in [-0.2, 0) is 17.0 Å². The third-order valence-corrected chi connectivity index (χ3v) is 6.21. The number of rotatable bonds is 7. The van der Waals surface area contributed by atoms with Crippen LogP contribution in [-0.4, -0.2) is 42.1 Å². The number of aliphatic hydroxyl groups is 1. The molecule has 0 bridgehead atoms. The lowest BCUT2D eigenvalue weighted by molar-refractivity contribution is -0.0556. The number of fused-ring (bicyclic) bond motifs is 1. The van der Waals surface area contributed by atoms with E-state index in [1.165, 1.54) is 25.3 Å². The quantitative estimate of drug-likeness (QED) is 0.548. The maximum Gasteiger partial charge on any atom is 0.295 e. The lowest BCUT2D eigenvalue weighted by atomic mass is 10.1. The molecule has 0 aliphatic rings. The fraction of sp³-hybridized carbons (Fsp3) is 0.333. The molecule has 1 heterocycles. The lowest BCUT2D eigenvalue weighted by Crippen LogP contribution is -2.18. The summed E-state index contributed by atoms with van der Waals surface area (Å²) >= 11 is 0. The first-order chi connectivity index (χ1) is 14.0. The zero-order valence-corrected chi connectivity index (χ0v) is 18.1. The van der Waals surface area contributed by atoms with Crippen molar-refractivity contribution in [2.45, 2.75) is 19.4 Å². The van der Waals surface area contributed by atoms with Gasteiger partial charge in [-0.15, -0.1) is 0 Å². The zero-order chi connectivity index (χ0) is 22.1. The van der Waals surface area contributed by atoms with Gasteiger partial charge in [0.25, 0.3) is 5.92 Å². The van der Waals surface area contributed by atoms with E-state index in [9.17, 15) is 13.3 Å². The average molecular weight is 435 g/mol. The van der Waals surface area contributed by atoms with Crippen LogP contribution >= 0.6 is 7.14 Å². The monoisotopic (exact) mass is 435 g/mol. The van der Waals surface area contributed by atoms with Crippen LogP contribution in [0.2, 0.25) is 0 Å². The highest BCUT2D eigenvalue weighted by molar-refractivity contribution is 7.70. The minimum absolute atomic E-state index is 0.234. The Hall–Kier alpha value is -2.57. The Labute approximate surface area is 173 Å². The second kappa shape index (κ2) is 8.28. The van der Waals surface area contributed by atoms with E-state index in [0.29, 0.717) is 39.2 Å². The number of hydrogen-bond donors (Lipinski definition) is 2. The van der Waals surface area contributed by atoms with E-state index in [-0.39, 0.29) is 12.1 Å². The summed E-state index contributed by atoms with van der Waals surface area (Å²) in [5.41, 5.74) is 0.980. The second-order valence-electron chi connectivity index (χ2n) is 7.43. The molecule has 2 aromatic carbocycles. The third-order valence-electron chi connectivity index (χ3n) is 4.70. The van der Waals surface area contributed by atoms with Crippen LogP contribution in [0.25, 0.3) is 10.9 Å². The summed E-state index contributed by atoms with van der Waals surface area (Å²) in [4.78, 5) is 8.87. The zero-order valence-electron chi connectivity index (χ0n) is 17.2. The van der Waals surface area contributed by atoms with E-state index >= 15 is 0 Å². The molecule has 0 spiro atoms. The van der Waals surface area contributed by atoms with Gasteiger partial charge in [0.2, 0.25) is 0 Å². The maximum atomic E-state index is 13.8. The molecule has 0 unspecified atom stereocenters. The van der Waals surface area contributed by atoms with Crippen molar-refractivity contribution in [2.24, 2.45) is 0 Å². The lowest BCUT2D eigenvalue weighted by Gasteiger charge is -2.17. The predicted octanol–water partition coefficient (Wildman–Crippen LogP) is 3.89. The molecule has 30 heavy (non-hydrogen) atoms. The number of methoxy groups -OCH3 is 1. The number of nitrogens with zero attached hydrogens (tertiary/aromatic N) is 2. The summed E-state index contributed by atoms with van der Waals surface area (Å²) in [6.07, 6.45) is 0. The van der Waals surface area contributed by atoms with Gasteiger partial charge in [0.05, 0.1) is 17.9 Å². The predicted molar refractivity (Wildman–Crippen MR) is 115 cm³/mol. The SMILES string of the molecule is COc1cc2nc(C)nc(NCc3cccc(C(F)(F)CO)c3)c2cc1P(C)(C)=O. The summed E-state index contributed by atoms with van der Waals surface area (Å²) in [5, 5.41) is 13.3. The van der Waals surface area contributed by atoms with Gasteiger partial charge in [0.1, 0.15) is 31.1 Å². The Morgan fingerprint density at radius 3 is 2.57 bits per heavy atom. The summed E-state index contributed by atoms with van der Waals surface area (Å²) in [7, 11) is -1.11. The first kappa shape index (κ1) is 22.1. The van der Waals surface area contributed by atoms with Gasteiger partial charge in [0.15, 0.2) is 0 Å². The fourth-order valence-corrected chi connectivity index (χ4v) is 4.29. The highest BCUT2D eigenvalue weighted by Crippen LogP contribution is 2.40. The van der Waals surface area contributed by atoms with E-state index in [0.717, 1.165) is 0 Å². The Kier molecular flexibility index (Phi) is 6.11. The molecule has 0 aliphatic carbocycles. The number of ether oxygens (including phenoxy) is 1. The number of aryl methyl sites for hydroxylation is 1. The summed E-state index contributed by atoms with van der Waals surface area (Å²) in [6, 6.07) is 9.34. The first-order valence-corrected chi connectivity index (χ1v) is 11.9. The highest BCUT2D eigenvalue weighted by Gasteiger charge is 2.30. The van der Waals surface area contributed by atoms with E-state index in [2.05, 4.69) is 15.3 Å². The average Bonchev–Trinajstić information content (AvgIpc) is 2.70. The smallest absolute Gasteiger partial charge is 0.295 e. The van der Waals surface area contributed by atoms with Gasteiger partial charge in [-0.2, -0.15) is 8.78 Å². The molecule has 2 N–H and O–H groups in total. The van der Waals surface area contributed by atoms with E-state index in [1.54, 1.807) is 38.5 Å². The third kappa shape index (κ3) is 4.60. The molecule has 1 aromatic heterocycles. The summed E-state index contributed by atoms with van der Waals surface area (Å²) < 4.78 is 45.7. The van der Waals surface area contributed by atoms with Crippen LogP contribution in [0.1, 0.15) is 17.0 Å². The molecule has 0 aliphatic heterocycles. The van der Waals surface area contributed by atoms with Crippen LogP contribution in [0.15, 0.2) is 36.4 Å². The molecule has 9 heteroatoms. The number of hydrogen-bond acceptors (Lipinski definition) is 6. The maximum absolute atomic E-state index is 13.8. The van der Waals surface area contributed by atoms with Crippen LogP contribution in [0.3, 0.4) is 0 Å². The largest absolute Gasteiger partial charge is 0.496 e. The molecule has 3 rings (SSSR count). The van der Waals surface area contributed by atoms with Crippen LogP contribution in [0.5, 0.6) is 5.75 Å². The van der Waals surface area contributed by atoms with Gasteiger partial charge in [-0.3, -0.25) is 0 Å². The van der Waals surface area contributed by atoms with E-state index in [4.69, 9.17) is 9.84 Å². The standard InChI is InChI=1S/C21H24F2N3O3P/c1-13-25-17-10-18(29-2)19(30(3,4)28)9-16(17)20(26-13)24-11-14-6-5-7-15(8-14)21(22,23)12-27/h5-10,27H,11-12H2,1-4H3,(H,24,25,26). The summed E-state index contributed by atoms with van der Waals surface area (Å²) in [5.74, 6) is -1.77. The van der Waals surface area contributed by atoms with E-state index in [1.807, 2.05) is 0 Å². The second-order valence-corrected chi connectivity index (χ2v) is 10.6. The molecular weight excluding hydrogens is 411 g/mol. The number of benzene rings is 2. The number of aliphatic hydroxyl groups excluding tert-OH is 1. The number of nitrogens with one attached hydrogen (secondary N) is 1. The molecule has 0 saturated heterocycles.